The van der Waals surface area contributed by atoms with Crippen molar-refractivity contribution in [1.29, 1.82) is 0 Å². The number of allylic oxidation sites excluding steroid dienone is 1. The number of aromatic amines is 1. The average molecular weight is 483 g/mol. The largest absolute Gasteiger partial charge is 0.368 e. The number of nitrogens with two attached hydrogens (primary N) is 1. The fraction of sp³-hybridized carbons (Fsp3) is 0.440. The summed E-state index contributed by atoms with van der Waals surface area (Å²) in [6.07, 6.45) is 3.67. The zero-order chi connectivity index (χ0) is 25.7. The van der Waals surface area contributed by atoms with Gasteiger partial charge in [0.25, 0.3) is 0 Å². The fourth-order valence-electron chi connectivity index (χ4n) is 4.26. The van der Waals surface area contributed by atoms with E-state index in [2.05, 4.69) is 20.9 Å². The predicted octanol–water partition coefficient (Wildman–Crippen LogP) is 1.32. The average Bonchev–Trinajstić information content (AvgIpc) is 3.36. The molecule has 5 amide bonds. The maximum Gasteiger partial charge on any atom is 0.315 e. The molecule has 1 saturated heterocycles. The molecular weight excluding hydrogens is 448 g/mol. The Morgan fingerprint density at radius 1 is 1.17 bits per heavy atom. The number of fused-ring (bicyclic) bond motifs is 1. The number of para-hydroxylation sites is 1. The second-order valence-corrected chi connectivity index (χ2v) is 9.46. The molecule has 1 fully saturated rings. The molecule has 35 heavy (non-hydrogen) atoms. The van der Waals surface area contributed by atoms with Gasteiger partial charge in [0.1, 0.15) is 12.1 Å². The molecule has 10 nitrogen and oxygen atoms in total. The summed E-state index contributed by atoms with van der Waals surface area (Å²) in [5.74, 6) is -1.49. The van der Waals surface area contributed by atoms with Crippen molar-refractivity contribution in [1.82, 2.24) is 25.8 Å². The Bertz CT molecular complexity index is 1130. The van der Waals surface area contributed by atoms with Gasteiger partial charge < -0.3 is 31.6 Å². The molecule has 0 aliphatic carbocycles. The lowest BCUT2D eigenvalue weighted by Gasteiger charge is -2.25. The first-order valence-corrected chi connectivity index (χ1v) is 11.7. The Kier molecular flexibility index (Phi) is 8.16. The van der Waals surface area contributed by atoms with Crippen LogP contribution < -0.4 is 21.7 Å². The number of H-pyrrole nitrogens is 1. The monoisotopic (exact) mass is 482 g/mol. The Balaban J connectivity index is 1.76. The molecule has 1 aromatic heterocycles. The van der Waals surface area contributed by atoms with E-state index in [9.17, 15) is 19.2 Å². The van der Waals surface area contributed by atoms with Crippen molar-refractivity contribution in [3.63, 3.8) is 0 Å². The van der Waals surface area contributed by atoms with Crippen LogP contribution in [0, 0.1) is 0 Å². The Labute approximate surface area is 204 Å². The van der Waals surface area contributed by atoms with E-state index in [1.807, 2.05) is 38.1 Å². The molecule has 0 bridgehead atoms. The van der Waals surface area contributed by atoms with Gasteiger partial charge in [-0.3, -0.25) is 14.4 Å². The van der Waals surface area contributed by atoms with Crippen molar-refractivity contribution in [3.8, 4) is 0 Å². The minimum Gasteiger partial charge on any atom is -0.368 e. The number of amides is 5. The smallest absolute Gasteiger partial charge is 0.315 e. The van der Waals surface area contributed by atoms with Crippen molar-refractivity contribution < 1.29 is 19.2 Å². The normalized spacial score (nSPS) is 18.3. The highest BCUT2D eigenvalue weighted by Crippen LogP contribution is 2.22. The minimum atomic E-state index is -0.960. The number of carbonyl (C=O) groups is 4. The number of aromatic nitrogens is 1. The molecule has 2 heterocycles. The molecule has 10 heteroatoms. The van der Waals surface area contributed by atoms with E-state index in [1.54, 1.807) is 20.0 Å². The van der Waals surface area contributed by atoms with Gasteiger partial charge in [0.05, 0.1) is 6.04 Å². The number of primary amides is 1. The molecular formula is C25H34N6O4. The van der Waals surface area contributed by atoms with Crippen LogP contribution in [0.5, 0.6) is 0 Å². The van der Waals surface area contributed by atoms with Crippen LogP contribution in [0.4, 0.5) is 4.79 Å². The molecule has 6 N–H and O–H groups in total. The predicted molar refractivity (Wildman–Crippen MR) is 133 cm³/mol. The first-order valence-electron chi connectivity index (χ1n) is 11.7. The van der Waals surface area contributed by atoms with Gasteiger partial charge in [0, 0.05) is 42.2 Å². The van der Waals surface area contributed by atoms with Gasteiger partial charge in [-0.15, -0.1) is 0 Å². The molecule has 3 unspecified atom stereocenters. The van der Waals surface area contributed by atoms with Crippen LogP contribution >= 0.6 is 0 Å². The molecule has 0 saturated carbocycles. The maximum absolute atomic E-state index is 13.3. The third kappa shape index (κ3) is 6.62. The van der Waals surface area contributed by atoms with E-state index in [4.69, 9.17) is 5.73 Å². The second-order valence-electron chi connectivity index (χ2n) is 9.46. The summed E-state index contributed by atoms with van der Waals surface area (Å²) in [6.45, 7) is 7.44. The van der Waals surface area contributed by atoms with E-state index >= 15 is 0 Å². The van der Waals surface area contributed by atoms with Gasteiger partial charge in [-0.25, -0.2) is 4.79 Å². The zero-order valence-electron chi connectivity index (χ0n) is 20.6. The molecule has 1 aliphatic heterocycles. The van der Waals surface area contributed by atoms with Crippen LogP contribution in [-0.4, -0.2) is 64.3 Å². The molecule has 3 atom stereocenters. The highest BCUT2D eigenvalue weighted by atomic mass is 16.2. The van der Waals surface area contributed by atoms with Crippen LogP contribution in [0.2, 0.25) is 0 Å². The standard InChI is InChI=1S/C25H34N6O4/c1-14(2)9-22(32)31-13-17(29-25(35)28-15(3)4)11-21(31)24(34)30-20(23(26)33)10-16-12-27-19-8-6-5-7-18(16)19/h5-9,12,15,17,20-21,27H,10-11,13H2,1-4H3,(H2,26,33)(H,30,34)(H2,28,29,35). The zero-order valence-corrected chi connectivity index (χ0v) is 20.6. The van der Waals surface area contributed by atoms with Crippen molar-refractivity contribution in [2.45, 2.75) is 64.7 Å². The number of carbonyl (C=O) groups excluding carboxylic acids is 4. The number of benzene rings is 1. The summed E-state index contributed by atoms with van der Waals surface area (Å²) in [5, 5.41) is 9.25. The van der Waals surface area contributed by atoms with E-state index in [0.717, 1.165) is 22.0 Å². The number of hydrogen-bond acceptors (Lipinski definition) is 4. The number of nitrogens with zero attached hydrogens (tertiary/aromatic N) is 1. The second kappa shape index (κ2) is 11.1. The van der Waals surface area contributed by atoms with E-state index in [0.29, 0.717) is 0 Å². The van der Waals surface area contributed by atoms with Crippen molar-refractivity contribution in [3.05, 3.63) is 47.7 Å². The van der Waals surface area contributed by atoms with Gasteiger partial charge in [-0.1, -0.05) is 23.8 Å². The number of nitrogens with one attached hydrogen (secondary N) is 4. The van der Waals surface area contributed by atoms with Gasteiger partial charge in [-0.05, 0) is 45.7 Å². The molecule has 188 valence electrons. The number of rotatable bonds is 8. The van der Waals surface area contributed by atoms with Crippen LogP contribution in [0.1, 0.15) is 39.7 Å². The van der Waals surface area contributed by atoms with Crippen LogP contribution in [0.3, 0.4) is 0 Å². The van der Waals surface area contributed by atoms with Crippen molar-refractivity contribution >= 4 is 34.7 Å². The van der Waals surface area contributed by atoms with Crippen LogP contribution in [0.25, 0.3) is 10.9 Å². The lowest BCUT2D eigenvalue weighted by molar-refractivity contribution is -0.136. The molecule has 2 aromatic rings. The number of hydrogen-bond donors (Lipinski definition) is 5. The van der Waals surface area contributed by atoms with E-state index in [-0.39, 0.29) is 37.4 Å². The summed E-state index contributed by atoms with van der Waals surface area (Å²) in [4.78, 5) is 55.1. The summed E-state index contributed by atoms with van der Waals surface area (Å²) in [7, 11) is 0. The van der Waals surface area contributed by atoms with Crippen LogP contribution in [0.15, 0.2) is 42.1 Å². The molecule has 0 spiro atoms. The lowest BCUT2D eigenvalue weighted by Crippen LogP contribution is -2.52. The third-order valence-electron chi connectivity index (χ3n) is 5.81. The van der Waals surface area contributed by atoms with Crippen molar-refractivity contribution in [2.75, 3.05) is 6.54 Å². The van der Waals surface area contributed by atoms with Gasteiger partial charge in [0.15, 0.2) is 0 Å². The summed E-state index contributed by atoms with van der Waals surface area (Å²) in [5.41, 5.74) is 8.18. The quantitative estimate of drug-likeness (QED) is 0.361. The highest BCUT2D eigenvalue weighted by Gasteiger charge is 2.40. The molecule has 1 aliphatic rings. The maximum atomic E-state index is 13.3. The Morgan fingerprint density at radius 2 is 1.89 bits per heavy atom. The molecule has 0 radical (unpaired) electrons. The van der Waals surface area contributed by atoms with Gasteiger partial charge >= 0.3 is 6.03 Å². The summed E-state index contributed by atoms with van der Waals surface area (Å²) < 4.78 is 0. The summed E-state index contributed by atoms with van der Waals surface area (Å²) >= 11 is 0. The summed E-state index contributed by atoms with van der Waals surface area (Å²) in [6, 6.07) is 4.99. The van der Waals surface area contributed by atoms with Gasteiger partial charge in [-0.2, -0.15) is 0 Å². The van der Waals surface area contributed by atoms with Crippen molar-refractivity contribution in [2.24, 2.45) is 5.73 Å². The first kappa shape index (κ1) is 25.8. The molecule has 3 rings (SSSR count). The third-order valence-corrected chi connectivity index (χ3v) is 5.81. The topological polar surface area (TPSA) is 149 Å². The number of likely N-dealkylation sites (tertiary alicyclic amines) is 1. The number of urea groups is 1. The van der Waals surface area contributed by atoms with Crippen LogP contribution in [-0.2, 0) is 20.8 Å². The van der Waals surface area contributed by atoms with E-state index < -0.39 is 29.9 Å². The van der Waals surface area contributed by atoms with E-state index in [1.165, 1.54) is 11.0 Å². The fourth-order valence-corrected chi connectivity index (χ4v) is 4.26. The SMILES string of the molecule is CC(C)=CC(=O)N1CC(NC(=O)NC(C)C)CC1C(=O)NC(Cc1c[nH]c2ccccc12)C(N)=O. The minimum absolute atomic E-state index is 0.0558. The highest BCUT2D eigenvalue weighted by molar-refractivity contribution is 5.96. The Hall–Kier alpha value is -3.82. The lowest BCUT2D eigenvalue weighted by atomic mass is 10.0. The first-order chi connectivity index (χ1) is 16.5. The van der Waals surface area contributed by atoms with Gasteiger partial charge in [0.2, 0.25) is 17.7 Å². The molecule has 1 aromatic carbocycles. The Morgan fingerprint density at radius 3 is 2.54 bits per heavy atom.